The molecule has 0 radical (unpaired) electrons. The summed E-state index contributed by atoms with van der Waals surface area (Å²) in [6, 6.07) is 13.9. The maximum Gasteiger partial charge on any atom is 0.252 e. The highest BCUT2D eigenvalue weighted by Gasteiger charge is 2.26. The fourth-order valence-electron chi connectivity index (χ4n) is 2.26. The van der Waals surface area contributed by atoms with Crippen LogP contribution in [0, 0.1) is 0 Å². The molecule has 1 aliphatic heterocycles. The summed E-state index contributed by atoms with van der Waals surface area (Å²) < 4.78 is 0. The van der Waals surface area contributed by atoms with Crippen LogP contribution in [-0.2, 0) is 9.59 Å². The van der Waals surface area contributed by atoms with Crippen molar-refractivity contribution in [2.75, 3.05) is 11.1 Å². The molecule has 1 aliphatic rings. The van der Waals surface area contributed by atoms with Crippen LogP contribution >= 0.6 is 11.8 Å². The van der Waals surface area contributed by atoms with Gasteiger partial charge in [-0.2, -0.15) is 0 Å². The van der Waals surface area contributed by atoms with Crippen molar-refractivity contribution in [1.82, 2.24) is 0 Å². The number of nitrogens with two attached hydrogens (primary N) is 1. The first-order valence-electron chi connectivity index (χ1n) is 6.36. The first-order valence-corrected chi connectivity index (χ1v) is 7.34. The summed E-state index contributed by atoms with van der Waals surface area (Å²) in [6.07, 6.45) is 0. The molecule has 0 saturated heterocycles. The fourth-order valence-corrected chi connectivity index (χ4v) is 3.31. The Labute approximate surface area is 125 Å². The molecule has 3 N–H and O–H groups in total. The third kappa shape index (κ3) is 2.57. The van der Waals surface area contributed by atoms with Crippen molar-refractivity contribution in [3.8, 4) is 0 Å². The number of rotatable bonds is 3. The molecule has 0 aliphatic carbocycles. The van der Waals surface area contributed by atoms with Crippen molar-refractivity contribution < 1.29 is 9.59 Å². The van der Waals surface area contributed by atoms with E-state index in [1.165, 1.54) is 11.8 Å². The van der Waals surface area contributed by atoms with Gasteiger partial charge < -0.3 is 11.1 Å². The molecule has 0 bridgehead atoms. The Kier molecular flexibility index (Phi) is 3.52. The quantitative estimate of drug-likeness (QED) is 0.853. The maximum atomic E-state index is 11.5. The maximum absolute atomic E-state index is 11.5. The van der Waals surface area contributed by atoms with Gasteiger partial charge in [0.15, 0.2) is 0 Å². The van der Waals surface area contributed by atoms with Gasteiger partial charge in [0.25, 0.3) is 5.91 Å². The van der Waals surface area contributed by atoms with Crippen molar-refractivity contribution in [2.45, 2.75) is 0 Å². The summed E-state index contributed by atoms with van der Waals surface area (Å²) in [7, 11) is 0. The molecule has 1 amide bonds. The summed E-state index contributed by atoms with van der Waals surface area (Å²) in [5, 5.41) is 6.01. The normalized spacial score (nSPS) is 14.4. The van der Waals surface area contributed by atoms with Crippen LogP contribution in [0.25, 0.3) is 10.8 Å². The van der Waals surface area contributed by atoms with E-state index < -0.39 is 5.91 Å². The van der Waals surface area contributed by atoms with Crippen LogP contribution in [0.4, 0.5) is 5.69 Å². The Morgan fingerprint density at radius 2 is 1.95 bits per heavy atom. The lowest BCUT2D eigenvalue weighted by Crippen LogP contribution is -2.17. The van der Waals surface area contributed by atoms with E-state index in [4.69, 9.17) is 5.73 Å². The highest BCUT2D eigenvalue weighted by Crippen LogP contribution is 2.35. The van der Waals surface area contributed by atoms with E-state index in [0.717, 1.165) is 16.5 Å². The lowest BCUT2D eigenvalue weighted by molar-refractivity contribution is -0.114. The van der Waals surface area contributed by atoms with Gasteiger partial charge >= 0.3 is 0 Å². The van der Waals surface area contributed by atoms with Crippen molar-refractivity contribution >= 4 is 40.1 Å². The number of primary amides is 1. The molecule has 2 aromatic carbocycles. The summed E-state index contributed by atoms with van der Waals surface area (Å²) in [6.45, 7) is 0. The predicted octanol–water partition coefficient (Wildman–Crippen LogP) is 2.45. The summed E-state index contributed by atoms with van der Waals surface area (Å²) >= 11 is 1.38. The SMILES string of the molecule is NC(=O)C1=C(Nc2ccc3ccccc3c2)SCC1=C=O. The number of anilines is 1. The zero-order chi connectivity index (χ0) is 14.8. The molecule has 0 atom stereocenters. The Bertz CT molecular complexity index is 820. The van der Waals surface area contributed by atoms with E-state index in [1.807, 2.05) is 42.5 Å². The Morgan fingerprint density at radius 3 is 2.67 bits per heavy atom. The number of carbonyl (C=O) groups excluding carboxylic acids is 2. The number of hydrogen-bond donors (Lipinski definition) is 2. The summed E-state index contributed by atoms with van der Waals surface area (Å²) in [5.41, 5.74) is 6.75. The number of carbonyl (C=O) groups is 1. The molecule has 0 aromatic heterocycles. The Hall–Kier alpha value is -2.49. The van der Waals surface area contributed by atoms with Crippen molar-refractivity contribution in [1.29, 1.82) is 0 Å². The van der Waals surface area contributed by atoms with E-state index in [1.54, 1.807) is 5.94 Å². The fraction of sp³-hybridized carbons (Fsp3) is 0.0625. The summed E-state index contributed by atoms with van der Waals surface area (Å²) in [4.78, 5) is 22.3. The minimum atomic E-state index is -0.610. The first-order chi connectivity index (χ1) is 10.2. The molecule has 0 saturated carbocycles. The van der Waals surface area contributed by atoms with Crippen LogP contribution in [0.2, 0.25) is 0 Å². The van der Waals surface area contributed by atoms with Gasteiger partial charge in [-0.25, -0.2) is 4.79 Å². The van der Waals surface area contributed by atoms with Crippen LogP contribution < -0.4 is 11.1 Å². The monoisotopic (exact) mass is 296 g/mol. The third-order valence-corrected chi connectivity index (χ3v) is 4.29. The van der Waals surface area contributed by atoms with Crippen LogP contribution in [0.5, 0.6) is 0 Å². The van der Waals surface area contributed by atoms with Crippen molar-refractivity contribution in [3.63, 3.8) is 0 Å². The highest BCUT2D eigenvalue weighted by molar-refractivity contribution is 8.03. The first kappa shape index (κ1) is 13.5. The van der Waals surface area contributed by atoms with Gasteiger partial charge in [0.2, 0.25) is 0 Å². The molecule has 0 spiro atoms. The molecular weight excluding hydrogens is 284 g/mol. The molecule has 2 aromatic rings. The lowest BCUT2D eigenvalue weighted by Gasteiger charge is -2.09. The zero-order valence-electron chi connectivity index (χ0n) is 11.1. The second-order valence-corrected chi connectivity index (χ2v) is 5.61. The minimum Gasteiger partial charge on any atom is -0.365 e. The topological polar surface area (TPSA) is 72.2 Å². The van der Waals surface area contributed by atoms with E-state index in [9.17, 15) is 9.59 Å². The van der Waals surface area contributed by atoms with Crippen molar-refractivity contribution in [3.05, 3.63) is 58.6 Å². The largest absolute Gasteiger partial charge is 0.365 e. The molecule has 0 fully saturated rings. The van der Waals surface area contributed by atoms with Gasteiger partial charge in [0.1, 0.15) is 5.94 Å². The number of thioether (sulfide) groups is 1. The number of nitrogens with one attached hydrogen (secondary N) is 1. The molecule has 0 unspecified atom stereocenters. The van der Waals surface area contributed by atoms with Crippen LogP contribution in [0.15, 0.2) is 58.6 Å². The van der Waals surface area contributed by atoms with Crippen LogP contribution in [0.1, 0.15) is 0 Å². The molecule has 1 heterocycles. The van der Waals surface area contributed by atoms with Crippen LogP contribution in [0.3, 0.4) is 0 Å². The van der Waals surface area contributed by atoms with Gasteiger partial charge in [0, 0.05) is 11.4 Å². The van der Waals surface area contributed by atoms with Crippen molar-refractivity contribution in [2.24, 2.45) is 5.73 Å². The average Bonchev–Trinajstić information content (AvgIpc) is 2.90. The van der Waals surface area contributed by atoms with Gasteiger partial charge in [-0.1, -0.05) is 30.3 Å². The number of fused-ring (bicyclic) bond motifs is 1. The molecule has 5 heteroatoms. The van der Waals surface area contributed by atoms with Gasteiger partial charge in [-0.3, -0.25) is 4.79 Å². The number of benzene rings is 2. The lowest BCUT2D eigenvalue weighted by atomic mass is 10.1. The van der Waals surface area contributed by atoms with Gasteiger partial charge in [-0.15, -0.1) is 11.8 Å². The van der Waals surface area contributed by atoms with E-state index in [2.05, 4.69) is 5.32 Å². The van der Waals surface area contributed by atoms with E-state index in [-0.39, 0.29) is 5.57 Å². The number of amides is 1. The second-order valence-electron chi connectivity index (χ2n) is 4.62. The Balaban J connectivity index is 1.99. The molecule has 3 rings (SSSR count). The predicted molar refractivity (Wildman–Crippen MR) is 85.5 cm³/mol. The Morgan fingerprint density at radius 1 is 1.19 bits per heavy atom. The summed E-state index contributed by atoms with van der Waals surface area (Å²) in [5.74, 6) is 1.59. The molecule has 21 heavy (non-hydrogen) atoms. The molecule has 4 nitrogen and oxygen atoms in total. The molecule has 104 valence electrons. The smallest absolute Gasteiger partial charge is 0.252 e. The van der Waals surface area contributed by atoms with E-state index >= 15 is 0 Å². The minimum absolute atomic E-state index is 0.239. The van der Waals surface area contributed by atoms with Crippen LogP contribution in [-0.4, -0.2) is 17.6 Å². The average molecular weight is 296 g/mol. The zero-order valence-corrected chi connectivity index (χ0v) is 11.9. The van der Waals surface area contributed by atoms with Gasteiger partial charge in [0.05, 0.1) is 16.2 Å². The second kappa shape index (κ2) is 5.48. The third-order valence-electron chi connectivity index (χ3n) is 3.27. The van der Waals surface area contributed by atoms with E-state index in [0.29, 0.717) is 16.4 Å². The molecular formula is C16H12N2O2S. The number of hydrogen-bond acceptors (Lipinski definition) is 4. The standard InChI is InChI=1S/C16H12N2O2S/c17-15(20)14-12(8-19)9-21-16(14)18-13-6-5-10-3-1-2-4-11(10)7-13/h1-7,18H,9H2,(H2,17,20). The highest BCUT2D eigenvalue weighted by atomic mass is 32.2. The van der Waals surface area contributed by atoms with Gasteiger partial charge in [-0.05, 0) is 22.9 Å².